The Morgan fingerprint density at radius 1 is 1.38 bits per heavy atom. The first-order valence-electron chi connectivity index (χ1n) is 7.83. The van der Waals surface area contributed by atoms with E-state index in [1.807, 2.05) is 6.92 Å². The molecule has 132 valence electrons. The number of ether oxygens (including phenoxy) is 2. The first-order chi connectivity index (χ1) is 12.5. The van der Waals surface area contributed by atoms with Crippen LogP contribution in [-0.2, 0) is 0 Å². The van der Waals surface area contributed by atoms with Crippen LogP contribution >= 0.6 is 11.6 Å². The van der Waals surface area contributed by atoms with Crippen LogP contribution in [0.25, 0.3) is 22.7 Å². The third kappa shape index (κ3) is 3.48. The fraction of sp³-hybridized carbons (Fsp3) is 0.158. The van der Waals surface area contributed by atoms with E-state index in [9.17, 15) is 9.65 Å². The smallest absolute Gasteiger partial charge is 0.179 e. The number of hydrogen-bond donors (Lipinski definition) is 1. The van der Waals surface area contributed by atoms with Crippen molar-refractivity contribution in [3.05, 3.63) is 52.6 Å². The summed E-state index contributed by atoms with van der Waals surface area (Å²) in [7, 11) is 1.51. The molecule has 0 aliphatic rings. The van der Waals surface area contributed by atoms with Gasteiger partial charge in [-0.05, 0) is 48.9 Å². The summed E-state index contributed by atoms with van der Waals surface area (Å²) in [5.41, 5.74) is 2.02. The minimum atomic E-state index is -0.377. The molecule has 0 saturated heterocycles. The summed E-state index contributed by atoms with van der Waals surface area (Å²) in [4.78, 5) is 7.28. The number of fused-ring (bicyclic) bond motifs is 1. The molecule has 0 radical (unpaired) electrons. The highest BCUT2D eigenvalue weighted by molar-refractivity contribution is 6.32. The Kier molecular flexibility index (Phi) is 5.10. The van der Waals surface area contributed by atoms with Gasteiger partial charge in [-0.15, -0.1) is 0 Å². The van der Waals surface area contributed by atoms with E-state index in [4.69, 9.17) is 21.1 Å². The monoisotopic (exact) mass is 371 g/mol. The second kappa shape index (κ2) is 7.46. The maximum absolute atomic E-state index is 13.3. The largest absolute Gasteiger partial charge is 0.493 e. The fourth-order valence-electron chi connectivity index (χ4n) is 2.54. The summed E-state index contributed by atoms with van der Waals surface area (Å²) in [5, 5.41) is 9.89. The zero-order valence-electron chi connectivity index (χ0n) is 14.1. The number of imidazole rings is 1. The Labute approximate surface area is 154 Å². The Bertz CT molecular complexity index is 1040. The van der Waals surface area contributed by atoms with Gasteiger partial charge in [0, 0.05) is 0 Å². The Balaban J connectivity index is 2.05. The van der Waals surface area contributed by atoms with E-state index in [0.717, 1.165) is 0 Å². The number of rotatable bonds is 5. The van der Waals surface area contributed by atoms with Gasteiger partial charge in [0.05, 0.1) is 35.3 Å². The molecular weight excluding hydrogens is 357 g/mol. The maximum atomic E-state index is 13.3. The Morgan fingerprint density at radius 2 is 2.19 bits per heavy atom. The number of nitrogens with one attached hydrogen (secondary N) is 1. The molecule has 0 aliphatic heterocycles. The summed E-state index contributed by atoms with van der Waals surface area (Å²) >= 11 is 6.26. The molecule has 0 atom stereocenters. The molecule has 5 nitrogen and oxygen atoms in total. The number of halogens is 2. The van der Waals surface area contributed by atoms with Crippen LogP contribution in [0.2, 0.25) is 5.02 Å². The molecule has 0 amide bonds. The van der Waals surface area contributed by atoms with E-state index >= 15 is 0 Å². The molecule has 0 bridgehead atoms. The van der Waals surface area contributed by atoms with Gasteiger partial charge in [-0.2, -0.15) is 5.26 Å². The van der Waals surface area contributed by atoms with E-state index in [0.29, 0.717) is 45.5 Å². The van der Waals surface area contributed by atoms with Gasteiger partial charge in [-0.3, -0.25) is 0 Å². The highest BCUT2D eigenvalue weighted by Crippen LogP contribution is 2.37. The standard InChI is InChI=1S/C19H15ClFN3O2/c1-3-26-18-14(20)7-11(8-17(18)25-2)6-12(10-22)19-23-15-5-4-13(21)9-16(15)24-19/h4-9H,3H2,1-2H3,(H,23,24)/b12-6-. The SMILES string of the molecule is CCOc1c(Cl)cc(/C=C(/C#N)c2nc3ccc(F)cc3[nH]2)cc1OC. The topological polar surface area (TPSA) is 70.9 Å². The van der Waals surface area contributed by atoms with Gasteiger partial charge in [0.2, 0.25) is 0 Å². The molecule has 0 aliphatic carbocycles. The predicted octanol–water partition coefficient (Wildman–Crippen LogP) is 4.83. The zero-order valence-corrected chi connectivity index (χ0v) is 14.9. The van der Waals surface area contributed by atoms with E-state index < -0.39 is 0 Å². The highest BCUT2D eigenvalue weighted by atomic mass is 35.5. The number of allylic oxidation sites excluding steroid dienone is 1. The van der Waals surface area contributed by atoms with Crippen molar-refractivity contribution in [2.24, 2.45) is 0 Å². The van der Waals surface area contributed by atoms with Crippen LogP contribution in [-0.4, -0.2) is 23.7 Å². The van der Waals surface area contributed by atoms with Crippen LogP contribution in [0.3, 0.4) is 0 Å². The molecule has 0 saturated carbocycles. The van der Waals surface area contributed by atoms with Crippen molar-refractivity contribution in [2.75, 3.05) is 13.7 Å². The average Bonchev–Trinajstić information content (AvgIpc) is 3.04. The van der Waals surface area contributed by atoms with E-state index in [1.54, 1.807) is 24.3 Å². The molecule has 1 N–H and O–H groups in total. The van der Waals surface area contributed by atoms with Crippen LogP contribution < -0.4 is 9.47 Å². The molecule has 3 rings (SSSR count). The summed E-state index contributed by atoms with van der Waals surface area (Å²) in [5.74, 6) is 0.886. The van der Waals surface area contributed by atoms with Crippen molar-refractivity contribution >= 4 is 34.3 Å². The van der Waals surface area contributed by atoms with Gasteiger partial charge in [0.25, 0.3) is 0 Å². The molecule has 1 aromatic heterocycles. The van der Waals surface area contributed by atoms with Crippen molar-refractivity contribution < 1.29 is 13.9 Å². The van der Waals surface area contributed by atoms with Crippen LogP contribution in [0.15, 0.2) is 30.3 Å². The van der Waals surface area contributed by atoms with Gasteiger partial charge in [-0.1, -0.05) is 11.6 Å². The van der Waals surface area contributed by atoms with Gasteiger partial charge in [0.1, 0.15) is 17.7 Å². The van der Waals surface area contributed by atoms with Gasteiger partial charge in [-0.25, -0.2) is 9.37 Å². The van der Waals surface area contributed by atoms with Crippen LogP contribution in [0.4, 0.5) is 4.39 Å². The van der Waals surface area contributed by atoms with E-state index in [-0.39, 0.29) is 11.4 Å². The molecule has 26 heavy (non-hydrogen) atoms. The molecule has 3 aromatic rings. The fourth-order valence-corrected chi connectivity index (χ4v) is 2.81. The van der Waals surface area contributed by atoms with Gasteiger partial charge >= 0.3 is 0 Å². The number of nitrogens with zero attached hydrogens (tertiary/aromatic N) is 2. The number of hydrogen-bond acceptors (Lipinski definition) is 4. The summed E-state index contributed by atoms with van der Waals surface area (Å²) in [6, 6.07) is 9.69. The number of nitriles is 1. The zero-order chi connectivity index (χ0) is 18.7. The number of benzene rings is 2. The molecule has 1 heterocycles. The van der Waals surface area contributed by atoms with Crippen molar-refractivity contribution in [2.45, 2.75) is 6.92 Å². The first kappa shape index (κ1) is 17.8. The number of methoxy groups -OCH3 is 1. The lowest BCUT2D eigenvalue weighted by Gasteiger charge is -2.12. The second-order valence-corrected chi connectivity index (χ2v) is 5.79. The van der Waals surface area contributed by atoms with Crippen LogP contribution in [0.5, 0.6) is 11.5 Å². The van der Waals surface area contributed by atoms with Gasteiger partial charge < -0.3 is 14.5 Å². The third-order valence-corrected chi connectivity index (χ3v) is 3.95. The first-order valence-corrected chi connectivity index (χ1v) is 8.21. The number of H-pyrrole nitrogens is 1. The lowest BCUT2D eigenvalue weighted by Crippen LogP contribution is -1.97. The van der Waals surface area contributed by atoms with E-state index in [1.165, 1.54) is 19.2 Å². The summed E-state index contributed by atoms with van der Waals surface area (Å²) in [6.45, 7) is 2.30. The lowest BCUT2D eigenvalue weighted by atomic mass is 10.1. The normalized spacial score (nSPS) is 11.4. The van der Waals surface area contributed by atoms with Crippen molar-refractivity contribution in [1.29, 1.82) is 5.26 Å². The molecule has 0 spiro atoms. The molecule has 7 heteroatoms. The minimum Gasteiger partial charge on any atom is -0.493 e. The highest BCUT2D eigenvalue weighted by Gasteiger charge is 2.13. The predicted molar refractivity (Wildman–Crippen MR) is 98.7 cm³/mol. The van der Waals surface area contributed by atoms with Gasteiger partial charge in [0.15, 0.2) is 11.5 Å². The average molecular weight is 372 g/mol. The third-order valence-electron chi connectivity index (χ3n) is 3.67. The maximum Gasteiger partial charge on any atom is 0.179 e. The minimum absolute atomic E-state index is 0.281. The van der Waals surface area contributed by atoms with Crippen LogP contribution in [0, 0.1) is 17.1 Å². The second-order valence-electron chi connectivity index (χ2n) is 5.38. The summed E-state index contributed by atoms with van der Waals surface area (Å²) in [6.07, 6.45) is 1.62. The Morgan fingerprint density at radius 3 is 2.88 bits per heavy atom. The molecule has 0 unspecified atom stereocenters. The number of aromatic amines is 1. The lowest BCUT2D eigenvalue weighted by molar-refractivity contribution is 0.311. The van der Waals surface area contributed by atoms with Crippen molar-refractivity contribution in [1.82, 2.24) is 9.97 Å². The number of aromatic nitrogens is 2. The van der Waals surface area contributed by atoms with Crippen molar-refractivity contribution in [3.63, 3.8) is 0 Å². The molecule has 0 fully saturated rings. The Hall–Kier alpha value is -3.04. The van der Waals surface area contributed by atoms with E-state index in [2.05, 4.69) is 16.0 Å². The van der Waals surface area contributed by atoms with Crippen molar-refractivity contribution in [3.8, 4) is 17.6 Å². The summed E-state index contributed by atoms with van der Waals surface area (Å²) < 4.78 is 24.1. The molecule has 2 aromatic carbocycles. The molecular formula is C19H15ClFN3O2. The quantitative estimate of drug-likeness (QED) is 0.652. The van der Waals surface area contributed by atoms with Crippen LogP contribution in [0.1, 0.15) is 18.3 Å².